The van der Waals surface area contributed by atoms with E-state index in [1.165, 1.54) is 39.5 Å². The van der Waals surface area contributed by atoms with Gasteiger partial charge < -0.3 is 39.4 Å². The molecule has 0 aliphatic carbocycles. The smallest absolute Gasteiger partial charge is 0.322 e. The predicted molar refractivity (Wildman–Crippen MR) is 115 cm³/mol. The van der Waals surface area contributed by atoms with Crippen LogP contribution in [0.4, 0.5) is 0 Å². The Hall–Kier alpha value is -4.41. The van der Waals surface area contributed by atoms with Gasteiger partial charge in [0.2, 0.25) is 12.5 Å². The zero-order valence-electron chi connectivity index (χ0n) is 18.1. The number of carboxylic acid groups (broad SMARTS) is 1. The maximum atomic E-state index is 13.0. The summed E-state index contributed by atoms with van der Waals surface area (Å²) in [5, 5.41) is 13.6. The van der Waals surface area contributed by atoms with Crippen molar-refractivity contribution in [3.05, 3.63) is 47.2 Å². The second-order valence-electron chi connectivity index (χ2n) is 6.62. The monoisotopic (exact) mass is 458 g/mol. The Balaban J connectivity index is 1.93. The molecule has 2 amide bonds. The molecular formula is C22H22N2O9. The third-order valence-electron chi connectivity index (χ3n) is 4.53. The molecule has 3 rings (SSSR count). The van der Waals surface area contributed by atoms with Crippen LogP contribution in [0.1, 0.15) is 15.9 Å². The van der Waals surface area contributed by atoms with Crippen LogP contribution in [-0.4, -0.2) is 57.6 Å². The van der Waals surface area contributed by atoms with Crippen LogP contribution in [-0.2, 0) is 9.59 Å². The van der Waals surface area contributed by atoms with Crippen LogP contribution in [0.15, 0.2) is 36.0 Å². The van der Waals surface area contributed by atoms with Crippen molar-refractivity contribution < 1.29 is 43.2 Å². The third-order valence-corrected chi connectivity index (χ3v) is 4.53. The molecule has 33 heavy (non-hydrogen) atoms. The van der Waals surface area contributed by atoms with Gasteiger partial charge in [-0.2, -0.15) is 0 Å². The van der Waals surface area contributed by atoms with Gasteiger partial charge in [-0.25, -0.2) is 0 Å². The maximum Gasteiger partial charge on any atom is 0.322 e. The average molecular weight is 458 g/mol. The van der Waals surface area contributed by atoms with Crippen molar-refractivity contribution in [3.8, 4) is 28.7 Å². The molecule has 0 unspecified atom stereocenters. The number of hydrogen-bond donors (Lipinski definition) is 3. The van der Waals surface area contributed by atoms with E-state index in [9.17, 15) is 14.4 Å². The van der Waals surface area contributed by atoms with Crippen LogP contribution in [0.3, 0.4) is 0 Å². The molecule has 1 aliphatic heterocycles. The molecule has 2 aromatic rings. The first-order valence-electron chi connectivity index (χ1n) is 9.59. The number of nitrogens with one attached hydrogen (secondary N) is 2. The molecular weight excluding hydrogens is 436 g/mol. The minimum absolute atomic E-state index is 0.0757. The van der Waals surface area contributed by atoms with Gasteiger partial charge in [-0.3, -0.25) is 14.4 Å². The van der Waals surface area contributed by atoms with Gasteiger partial charge in [0.15, 0.2) is 23.0 Å². The number of rotatable bonds is 9. The van der Waals surface area contributed by atoms with E-state index in [0.717, 1.165) is 0 Å². The zero-order valence-corrected chi connectivity index (χ0v) is 18.1. The topological polar surface area (TPSA) is 142 Å². The van der Waals surface area contributed by atoms with Crippen molar-refractivity contribution in [2.24, 2.45) is 0 Å². The number of amides is 2. The number of fused-ring (bicyclic) bond motifs is 1. The Morgan fingerprint density at radius 1 is 1.00 bits per heavy atom. The van der Waals surface area contributed by atoms with Gasteiger partial charge in [-0.15, -0.1) is 0 Å². The summed E-state index contributed by atoms with van der Waals surface area (Å²) < 4.78 is 26.3. The summed E-state index contributed by atoms with van der Waals surface area (Å²) in [5.74, 6) is -0.871. The average Bonchev–Trinajstić information content (AvgIpc) is 3.28. The number of aliphatic carboxylic acids is 1. The van der Waals surface area contributed by atoms with Crippen molar-refractivity contribution in [2.45, 2.75) is 0 Å². The van der Waals surface area contributed by atoms with Gasteiger partial charge >= 0.3 is 5.97 Å². The lowest BCUT2D eigenvalue weighted by Crippen LogP contribution is -2.37. The largest absolute Gasteiger partial charge is 0.493 e. The van der Waals surface area contributed by atoms with Crippen molar-refractivity contribution in [3.63, 3.8) is 0 Å². The lowest BCUT2D eigenvalue weighted by Gasteiger charge is -2.15. The Kier molecular flexibility index (Phi) is 7.24. The lowest BCUT2D eigenvalue weighted by atomic mass is 10.1. The molecule has 0 aromatic heterocycles. The summed E-state index contributed by atoms with van der Waals surface area (Å²) in [7, 11) is 4.24. The van der Waals surface area contributed by atoms with Gasteiger partial charge in [-0.05, 0) is 35.9 Å². The summed E-state index contributed by atoms with van der Waals surface area (Å²) in [6.07, 6.45) is 1.38. The third kappa shape index (κ3) is 5.45. The Morgan fingerprint density at radius 2 is 1.67 bits per heavy atom. The SMILES string of the molecule is COc1cc(C(=O)N/C(=C/c2ccc3c(c2)OCO3)C(=O)NCC(=O)O)cc(OC)c1OC. The molecule has 174 valence electrons. The van der Waals surface area contributed by atoms with Crippen LogP contribution in [0.2, 0.25) is 0 Å². The minimum atomic E-state index is -1.23. The summed E-state index contributed by atoms with van der Waals surface area (Å²) in [5.41, 5.74) is 0.450. The van der Waals surface area contributed by atoms with E-state index in [2.05, 4.69) is 10.6 Å². The number of carbonyl (C=O) groups is 3. The molecule has 11 nitrogen and oxygen atoms in total. The molecule has 1 heterocycles. The van der Waals surface area contributed by atoms with Crippen molar-refractivity contribution in [1.82, 2.24) is 10.6 Å². The lowest BCUT2D eigenvalue weighted by molar-refractivity contribution is -0.137. The first-order valence-corrected chi connectivity index (χ1v) is 9.59. The molecule has 0 saturated carbocycles. The number of carbonyl (C=O) groups excluding carboxylic acids is 2. The molecule has 3 N–H and O–H groups in total. The minimum Gasteiger partial charge on any atom is -0.493 e. The van der Waals surface area contributed by atoms with Crippen molar-refractivity contribution in [2.75, 3.05) is 34.7 Å². The number of benzene rings is 2. The number of ether oxygens (including phenoxy) is 5. The van der Waals surface area contributed by atoms with E-state index in [0.29, 0.717) is 22.8 Å². The molecule has 0 bridgehead atoms. The van der Waals surface area contributed by atoms with Gasteiger partial charge in [0.05, 0.1) is 21.3 Å². The van der Waals surface area contributed by atoms with E-state index in [-0.39, 0.29) is 29.6 Å². The maximum absolute atomic E-state index is 13.0. The summed E-state index contributed by atoms with van der Waals surface area (Å²) in [6, 6.07) is 7.78. The van der Waals surface area contributed by atoms with Gasteiger partial charge in [0, 0.05) is 5.56 Å². The van der Waals surface area contributed by atoms with E-state index in [4.69, 9.17) is 28.8 Å². The van der Waals surface area contributed by atoms with Crippen LogP contribution in [0, 0.1) is 0 Å². The molecule has 11 heteroatoms. The highest BCUT2D eigenvalue weighted by atomic mass is 16.7. The number of hydrogen-bond acceptors (Lipinski definition) is 8. The normalized spacial score (nSPS) is 12.0. The summed E-state index contributed by atoms with van der Waals surface area (Å²) in [4.78, 5) is 36.4. The van der Waals surface area contributed by atoms with E-state index in [1.807, 2.05) is 0 Å². The summed E-state index contributed by atoms with van der Waals surface area (Å²) in [6.45, 7) is -0.552. The fourth-order valence-corrected chi connectivity index (χ4v) is 2.99. The second kappa shape index (κ2) is 10.3. The van der Waals surface area contributed by atoms with E-state index < -0.39 is 24.3 Å². The fraction of sp³-hybridized carbons (Fsp3) is 0.227. The van der Waals surface area contributed by atoms with Crippen LogP contribution >= 0.6 is 0 Å². The van der Waals surface area contributed by atoms with Crippen molar-refractivity contribution >= 4 is 23.9 Å². The Morgan fingerprint density at radius 3 is 2.27 bits per heavy atom. The molecule has 0 saturated heterocycles. The fourth-order valence-electron chi connectivity index (χ4n) is 2.99. The standard InChI is InChI=1S/C22H22N2O9/c1-29-17-8-13(9-18(30-2)20(17)31-3)21(27)24-14(22(28)23-10-19(25)26)6-12-4-5-15-16(7-12)33-11-32-15/h4-9H,10-11H2,1-3H3,(H,23,28)(H,24,27)(H,25,26)/b14-6+. The number of methoxy groups -OCH3 is 3. The highest BCUT2D eigenvalue weighted by Gasteiger charge is 2.21. The number of carboxylic acids is 1. The summed E-state index contributed by atoms with van der Waals surface area (Å²) >= 11 is 0. The highest BCUT2D eigenvalue weighted by molar-refractivity contribution is 6.06. The molecule has 2 aromatic carbocycles. The zero-order chi connectivity index (χ0) is 24.0. The first-order chi connectivity index (χ1) is 15.9. The predicted octanol–water partition coefficient (Wildman–Crippen LogP) is 1.41. The molecule has 1 aliphatic rings. The van der Waals surface area contributed by atoms with Crippen LogP contribution in [0.5, 0.6) is 28.7 Å². The van der Waals surface area contributed by atoms with E-state index >= 15 is 0 Å². The van der Waals surface area contributed by atoms with Crippen LogP contribution in [0.25, 0.3) is 6.08 Å². The van der Waals surface area contributed by atoms with Crippen LogP contribution < -0.4 is 34.3 Å². The Bertz CT molecular complexity index is 1090. The van der Waals surface area contributed by atoms with Gasteiger partial charge in [0.25, 0.3) is 11.8 Å². The van der Waals surface area contributed by atoms with E-state index in [1.54, 1.807) is 18.2 Å². The van der Waals surface area contributed by atoms with Gasteiger partial charge in [-0.1, -0.05) is 6.07 Å². The van der Waals surface area contributed by atoms with Crippen molar-refractivity contribution in [1.29, 1.82) is 0 Å². The quantitative estimate of drug-likeness (QED) is 0.476. The molecule has 0 radical (unpaired) electrons. The highest BCUT2D eigenvalue weighted by Crippen LogP contribution is 2.38. The Labute approximate surface area is 188 Å². The molecule has 0 spiro atoms. The first kappa shape index (κ1) is 23.3. The molecule has 0 atom stereocenters. The molecule has 0 fully saturated rings. The van der Waals surface area contributed by atoms with Gasteiger partial charge in [0.1, 0.15) is 12.2 Å². The second-order valence-corrected chi connectivity index (χ2v) is 6.62.